The summed E-state index contributed by atoms with van der Waals surface area (Å²) in [7, 11) is 0. The van der Waals surface area contributed by atoms with Gasteiger partial charge in [-0.2, -0.15) is 0 Å². The summed E-state index contributed by atoms with van der Waals surface area (Å²) in [6.07, 6.45) is 0. The number of nitrogens with zero attached hydrogens (tertiary/aromatic N) is 2. The van der Waals surface area contributed by atoms with Gasteiger partial charge in [-0.05, 0) is 31.5 Å². The van der Waals surface area contributed by atoms with Gasteiger partial charge in [0.15, 0.2) is 4.80 Å². The molecule has 1 amide bonds. The summed E-state index contributed by atoms with van der Waals surface area (Å²) < 4.78 is 6.98. The fraction of sp³-hybridized carbons (Fsp3) is 0.167. The van der Waals surface area contributed by atoms with E-state index in [-0.39, 0.29) is 22.6 Å². The van der Waals surface area contributed by atoms with Gasteiger partial charge in [0.05, 0.1) is 23.5 Å². The van der Waals surface area contributed by atoms with E-state index in [4.69, 9.17) is 16.3 Å². The summed E-state index contributed by atoms with van der Waals surface area (Å²) in [6, 6.07) is 13.4. The lowest BCUT2D eigenvalue weighted by molar-refractivity contribution is -0.139. The molecular formula is C24H18ClN3O4S. The van der Waals surface area contributed by atoms with Crippen molar-refractivity contribution in [2.45, 2.75) is 19.9 Å². The van der Waals surface area contributed by atoms with E-state index in [0.29, 0.717) is 37.9 Å². The summed E-state index contributed by atoms with van der Waals surface area (Å²) in [5, 5.41) is 3.21. The molecule has 2 aliphatic rings. The van der Waals surface area contributed by atoms with Crippen LogP contribution in [-0.2, 0) is 14.3 Å². The standard InChI is InChI=1S/C24H18ClN3O4S/c1-3-32-23(31)17-12(2)26-24-28(19(17)13-8-4-6-10-15(13)25)22(30)20(33-24)18-14-9-5-7-11-16(14)27-21(18)29/h4-11,19H,3H2,1-2H3,(H,27,29). The number of thiazole rings is 1. The van der Waals surface area contributed by atoms with Crippen LogP contribution < -0.4 is 20.2 Å². The Morgan fingerprint density at radius 2 is 1.91 bits per heavy atom. The number of para-hydroxylation sites is 1. The molecule has 7 nitrogen and oxygen atoms in total. The lowest BCUT2D eigenvalue weighted by Gasteiger charge is -2.25. The summed E-state index contributed by atoms with van der Waals surface area (Å²) in [4.78, 5) is 44.4. The first-order valence-corrected chi connectivity index (χ1v) is 11.5. The number of halogens is 1. The van der Waals surface area contributed by atoms with Crippen molar-refractivity contribution in [2.75, 3.05) is 11.9 Å². The number of hydrogen-bond acceptors (Lipinski definition) is 6. The maximum Gasteiger partial charge on any atom is 0.338 e. The van der Waals surface area contributed by atoms with E-state index in [1.54, 1.807) is 50.2 Å². The molecule has 0 fully saturated rings. The molecule has 1 unspecified atom stereocenters. The number of aromatic nitrogens is 1. The van der Waals surface area contributed by atoms with E-state index in [1.165, 1.54) is 4.57 Å². The highest BCUT2D eigenvalue weighted by Gasteiger charge is 2.35. The first-order chi connectivity index (χ1) is 15.9. The van der Waals surface area contributed by atoms with Gasteiger partial charge in [0.2, 0.25) is 0 Å². The predicted octanol–water partition coefficient (Wildman–Crippen LogP) is 2.77. The van der Waals surface area contributed by atoms with Crippen LogP contribution in [-0.4, -0.2) is 23.1 Å². The minimum Gasteiger partial charge on any atom is -0.463 e. The molecule has 5 rings (SSSR count). The van der Waals surface area contributed by atoms with Crippen molar-refractivity contribution >= 4 is 46.1 Å². The second-order valence-electron chi connectivity index (χ2n) is 7.52. The van der Waals surface area contributed by atoms with Crippen LogP contribution in [0.1, 0.15) is 31.0 Å². The molecular weight excluding hydrogens is 462 g/mol. The van der Waals surface area contributed by atoms with E-state index < -0.39 is 17.6 Å². The summed E-state index contributed by atoms with van der Waals surface area (Å²) in [5.41, 5.74) is 2.44. The number of benzene rings is 2. The molecule has 2 aromatic carbocycles. The van der Waals surface area contributed by atoms with Crippen LogP contribution in [0.2, 0.25) is 5.02 Å². The zero-order valence-corrected chi connectivity index (χ0v) is 19.3. The highest BCUT2D eigenvalue weighted by molar-refractivity contribution is 7.07. The van der Waals surface area contributed by atoms with Crippen LogP contribution >= 0.6 is 22.9 Å². The summed E-state index contributed by atoms with van der Waals surface area (Å²) >= 11 is 7.63. The molecule has 0 spiro atoms. The summed E-state index contributed by atoms with van der Waals surface area (Å²) in [6.45, 7) is 3.59. The van der Waals surface area contributed by atoms with Gasteiger partial charge in [-0.3, -0.25) is 14.2 Å². The second kappa shape index (κ2) is 8.13. The van der Waals surface area contributed by atoms with Crippen LogP contribution in [0.25, 0.3) is 5.57 Å². The van der Waals surface area contributed by atoms with Gasteiger partial charge in [0, 0.05) is 16.3 Å². The Labute approximate surface area is 197 Å². The van der Waals surface area contributed by atoms with E-state index in [2.05, 4.69) is 10.3 Å². The van der Waals surface area contributed by atoms with Gasteiger partial charge >= 0.3 is 5.97 Å². The lowest BCUT2D eigenvalue weighted by atomic mass is 9.96. The number of allylic oxidation sites excluding steroid dienone is 1. The maximum absolute atomic E-state index is 13.8. The molecule has 1 atom stereocenters. The van der Waals surface area contributed by atoms with Crippen molar-refractivity contribution in [3.63, 3.8) is 0 Å². The molecule has 0 aliphatic carbocycles. The number of nitrogens with one attached hydrogen (secondary N) is 1. The molecule has 0 radical (unpaired) electrons. The lowest BCUT2D eigenvalue weighted by Crippen LogP contribution is -2.40. The topological polar surface area (TPSA) is 89.8 Å². The Kier molecular flexibility index (Phi) is 5.26. The van der Waals surface area contributed by atoms with Crippen LogP contribution in [0.4, 0.5) is 5.69 Å². The fourth-order valence-electron chi connectivity index (χ4n) is 4.18. The van der Waals surface area contributed by atoms with Gasteiger partial charge < -0.3 is 10.1 Å². The van der Waals surface area contributed by atoms with Crippen molar-refractivity contribution < 1.29 is 14.3 Å². The number of esters is 1. The van der Waals surface area contributed by atoms with Gasteiger partial charge in [-0.1, -0.05) is 59.3 Å². The SMILES string of the molecule is CCOC(=O)C1=C(C)N=c2sc(=C3C(=O)Nc4ccccc43)c(=O)n2C1c1ccccc1Cl. The highest BCUT2D eigenvalue weighted by atomic mass is 35.5. The molecule has 1 N–H and O–H groups in total. The third kappa shape index (κ3) is 3.34. The molecule has 9 heteroatoms. The molecule has 1 aromatic heterocycles. The van der Waals surface area contributed by atoms with Gasteiger partial charge in [0.25, 0.3) is 11.5 Å². The number of carbonyl (C=O) groups excluding carboxylic acids is 2. The molecule has 0 bridgehead atoms. The predicted molar refractivity (Wildman–Crippen MR) is 126 cm³/mol. The van der Waals surface area contributed by atoms with Crippen LogP contribution in [0.5, 0.6) is 0 Å². The third-order valence-corrected chi connectivity index (χ3v) is 6.99. The van der Waals surface area contributed by atoms with Crippen LogP contribution in [0, 0.1) is 0 Å². The van der Waals surface area contributed by atoms with E-state index in [1.807, 2.05) is 12.1 Å². The molecule has 0 saturated carbocycles. The second-order valence-corrected chi connectivity index (χ2v) is 8.90. The third-order valence-electron chi connectivity index (χ3n) is 5.59. The largest absolute Gasteiger partial charge is 0.463 e. The summed E-state index contributed by atoms with van der Waals surface area (Å²) in [5.74, 6) is -0.914. The van der Waals surface area contributed by atoms with Crippen LogP contribution in [0.15, 0.2) is 69.6 Å². The van der Waals surface area contributed by atoms with E-state index in [0.717, 1.165) is 11.3 Å². The molecule has 3 aromatic rings. The number of ether oxygens (including phenoxy) is 1. The number of rotatable bonds is 3. The Morgan fingerprint density at radius 1 is 1.18 bits per heavy atom. The number of hydrogen-bond donors (Lipinski definition) is 1. The molecule has 166 valence electrons. The average Bonchev–Trinajstić information content (AvgIpc) is 3.28. The fourth-order valence-corrected chi connectivity index (χ4v) is 5.56. The zero-order chi connectivity index (χ0) is 23.3. The Morgan fingerprint density at radius 3 is 2.67 bits per heavy atom. The molecule has 0 saturated heterocycles. The Hall–Kier alpha value is -3.49. The Bertz CT molecular complexity index is 1550. The number of anilines is 1. The molecule has 33 heavy (non-hydrogen) atoms. The average molecular weight is 480 g/mol. The van der Waals surface area contributed by atoms with Gasteiger partial charge in [0.1, 0.15) is 10.6 Å². The normalized spacial score (nSPS) is 18.4. The molecule has 2 aliphatic heterocycles. The van der Waals surface area contributed by atoms with Crippen molar-refractivity contribution in [3.05, 3.63) is 95.6 Å². The van der Waals surface area contributed by atoms with Crippen molar-refractivity contribution in [1.82, 2.24) is 4.57 Å². The highest BCUT2D eigenvalue weighted by Crippen LogP contribution is 2.35. The van der Waals surface area contributed by atoms with Crippen molar-refractivity contribution in [3.8, 4) is 0 Å². The van der Waals surface area contributed by atoms with E-state index >= 15 is 0 Å². The number of amides is 1. The number of carbonyl (C=O) groups is 2. The maximum atomic E-state index is 13.8. The smallest absolute Gasteiger partial charge is 0.338 e. The quantitative estimate of drug-likeness (QED) is 0.585. The number of fused-ring (bicyclic) bond motifs is 2. The van der Waals surface area contributed by atoms with Crippen molar-refractivity contribution in [1.29, 1.82) is 0 Å². The first-order valence-electron chi connectivity index (χ1n) is 10.3. The minimum absolute atomic E-state index is 0.177. The van der Waals surface area contributed by atoms with Crippen LogP contribution in [0.3, 0.4) is 0 Å². The van der Waals surface area contributed by atoms with Gasteiger partial charge in [-0.25, -0.2) is 9.79 Å². The minimum atomic E-state index is -0.831. The van der Waals surface area contributed by atoms with Crippen molar-refractivity contribution in [2.24, 2.45) is 4.99 Å². The monoisotopic (exact) mass is 479 g/mol. The zero-order valence-electron chi connectivity index (χ0n) is 17.7. The van der Waals surface area contributed by atoms with Gasteiger partial charge in [-0.15, -0.1) is 0 Å². The molecule has 3 heterocycles. The Balaban J connectivity index is 1.85. The van der Waals surface area contributed by atoms with E-state index in [9.17, 15) is 14.4 Å². The first kappa shape index (κ1) is 21.4.